The van der Waals surface area contributed by atoms with Crippen LogP contribution in [0.25, 0.3) is 5.65 Å². The van der Waals surface area contributed by atoms with Crippen LogP contribution in [0, 0.1) is 13.8 Å². The largest absolute Gasteiger partial charge is 0.461 e. The van der Waals surface area contributed by atoms with Crippen molar-refractivity contribution < 1.29 is 9.53 Å². The third-order valence-corrected chi connectivity index (χ3v) is 3.38. The fourth-order valence-corrected chi connectivity index (χ4v) is 2.04. The van der Waals surface area contributed by atoms with E-state index in [1.807, 2.05) is 26.1 Å². The number of carbonyl (C=O) groups is 1. The van der Waals surface area contributed by atoms with Crippen molar-refractivity contribution in [3.63, 3.8) is 0 Å². The summed E-state index contributed by atoms with van der Waals surface area (Å²) in [5.74, 6) is -0.340. The lowest BCUT2D eigenvalue weighted by Crippen LogP contribution is -2.09. The highest BCUT2D eigenvalue weighted by Crippen LogP contribution is 2.21. The van der Waals surface area contributed by atoms with Crippen molar-refractivity contribution in [1.82, 2.24) is 9.38 Å². The number of hydrogen-bond acceptors (Lipinski definition) is 3. The van der Waals surface area contributed by atoms with E-state index in [4.69, 9.17) is 4.74 Å². The molecular weight excluding hydrogens is 284 g/mol. The summed E-state index contributed by atoms with van der Waals surface area (Å²) in [6.07, 6.45) is 1.84. The van der Waals surface area contributed by atoms with Crippen LogP contribution in [0.2, 0.25) is 0 Å². The van der Waals surface area contributed by atoms with Gasteiger partial charge in [-0.3, -0.25) is 4.40 Å². The molecule has 2 rings (SSSR count). The number of esters is 1. The predicted molar refractivity (Wildman–Crippen MR) is 68.3 cm³/mol. The lowest BCUT2D eigenvalue weighted by Gasteiger charge is -2.04. The van der Waals surface area contributed by atoms with E-state index in [9.17, 15) is 4.79 Å². The summed E-state index contributed by atoms with van der Waals surface area (Å²) in [6.45, 7) is 5.94. The summed E-state index contributed by atoms with van der Waals surface area (Å²) in [7, 11) is 0. The van der Waals surface area contributed by atoms with Gasteiger partial charge in [-0.15, -0.1) is 0 Å². The maximum Gasteiger partial charge on any atom is 0.357 e. The van der Waals surface area contributed by atoms with Gasteiger partial charge in [0.2, 0.25) is 0 Å². The second-order valence-corrected chi connectivity index (χ2v) is 4.65. The van der Waals surface area contributed by atoms with Crippen molar-refractivity contribution in [1.29, 1.82) is 0 Å². The fraction of sp³-hybridized carbons (Fsp3) is 0.333. The Kier molecular flexibility index (Phi) is 3.19. The van der Waals surface area contributed by atoms with E-state index < -0.39 is 0 Å². The van der Waals surface area contributed by atoms with Gasteiger partial charge in [0.05, 0.1) is 12.3 Å². The highest BCUT2D eigenvalue weighted by Gasteiger charge is 2.18. The third-order valence-electron chi connectivity index (χ3n) is 2.55. The standard InChI is InChI=1S/C12H13BrN2O2/c1-4-17-12(16)11-8(3)14-10-5-7(2)9(13)6-15(10)11/h5-6H,4H2,1-3H3. The lowest BCUT2D eigenvalue weighted by molar-refractivity contribution is 0.0517. The van der Waals surface area contributed by atoms with Crippen LogP contribution >= 0.6 is 15.9 Å². The van der Waals surface area contributed by atoms with Crippen molar-refractivity contribution in [2.24, 2.45) is 0 Å². The molecular formula is C12H13BrN2O2. The molecule has 90 valence electrons. The van der Waals surface area contributed by atoms with Gasteiger partial charge in [-0.25, -0.2) is 9.78 Å². The van der Waals surface area contributed by atoms with Crippen LogP contribution in [0.3, 0.4) is 0 Å². The van der Waals surface area contributed by atoms with Crippen molar-refractivity contribution in [2.75, 3.05) is 6.61 Å². The first kappa shape index (κ1) is 12.1. The molecule has 17 heavy (non-hydrogen) atoms. The summed E-state index contributed by atoms with van der Waals surface area (Å²) in [4.78, 5) is 16.2. The number of halogens is 1. The van der Waals surface area contributed by atoms with E-state index in [2.05, 4.69) is 20.9 Å². The van der Waals surface area contributed by atoms with Crippen LogP contribution in [-0.4, -0.2) is 22.0 Å². The average Bonchev–Trinajstić information content (AvgIpc) is 2.55. The number of imidazole rings is 1. The second-order valence-electron chi connectivity index (χ2n) is 3.80. The molecule has 0 saturated carbocycles. The van der Waals surface area contributed by atoms with Crippen LogP contribution < -0.4 is 0 Å². The number of hydrogen-bond donors (Lipinski definition) is 0. The summed E-state index contributed by atoms with van der Waals surface area (Å²) >= 11 is 3.45. The Balaban J connectivity index is 2.66. The van der Waals surface area contributed by atoms with E-state index in [1.165, 1.54) is 0 Å². The first-order valence-electron chi connectivity index (χ1n) is 5.36. The Labute approximate surface area is 108 Å². The topological polar surface area (TPSA) is 43.6 Å². The zero-order valence-corrected chi connectivity index (χ0v) is 11.5. The number of carbonyl (C=O) groups excluding carboxylic acids is 1. The molecule has 0 aromatic carbocycles. The summed E-state index contributed by atoms with van der Waals surface area (Å²) in [5.41, 5.74) is 3.01. The number of pyridine rings is 1. The molecule has 0 fully saturated rings. The fourth-order valence-electron chi connectivity index (χ4n) is 1.72. The Hall–Kier alpha value is -1.36. The summed E-state index contributed by atoms with van der Waals surface area (Å²) in [5, 5.41) is 0. The normalized spacial score (nSPS) is 10.8. The van der Waals surface area contributed by atoms with Crippen LogP contribution in [0.4, 0.5) is 0 Å². The Bertz CT molecular complexity index is 590. The molecule has 0 bridgehead atoms. The first-order chi connectivity index (χ1) is 8.04. The molecule has 0 atom stereocenters. The minimum Gasteiger partial charge on any atom is -0.461 e. The summed E-state index contributed by atoms with van der Waals surface area (Å²) in [6, 6.07) is 1.93. The quantitative estimate of drug-likeness (QED) is 0.801. The Morgan fingerprint density at radius 3 is 2.88 bits per heavy atom. The molecule has 5 heteroatoms. The molecule has 0 spiro atoms. The van der Waals surface area contributed by atoms with Crippen LogP contribution in [0.5, 0.6) is 0 Å². The minimum atomic E-state index is -0.340. The van der Waals surface area contributed by atoms with E-state index in [0.717, 1.165) is 15.7 Å². The molecule has 0 aliphatic carbocycles. The molecule has 2 aromatic heterocycles. The highest BCUT2D eigenvalue weighted by molar-refractivity contribution is 9.10. The summed E-state index contributed by atoms with van der Waals surface area (Å²) < 4.78 is 7.72. The number of ether oxygens (including phenoxy) is 1. The van der Waals surface area contributed by atoms with Crippen molar-refractivity contribution >= 4 is 27.5 Å². The predicted octanol–water partition coefficient (Wildman–Crippen LogP) is 2.89. The van der Waals surface area contributed by atoms with E-state index in [0.29, 0.717) is 18.0 Å². The number of fused-ring (bicyclic) bond motifs is 1. The van der Waals surface area contributed by atoms with E-state index >= 15 is 0 Å². The number of nitrogens with zero attached hydrogens (tertiary/aromatic N) is 2. The van der Waals surface area contributed by atoms with Gasteiger partial charge in [0.15, 0.2) is 5.69 Å². The molecule has 2 aromatic rings. The highest BCUT2D eigenvalue weighted by atomic mass is 79.9. The number of aromatic nitrogens is 2. The minimum absolute atomic E-state index is 0.340. The van der Waals surface area contributed by atoms with Gasteiger partial charge in [0.1, 0.15) is 5.65 Å². The third kappa shape index (κ3) is 2.07. The first-order valence-corrected chi connectivity index (χ1v) is 6.15. The molecule has 0 aliphatic rings. The van der Waals surface area contributed by atoms with Gasteiger partial charge >= 0.3 is 5.97 Å². The second kappa shape index (κ2) is 4.49. The van der Waals surface area contributed by atoms with Gasteiger partial charge in [-0.05, 0) is 48.3 Å². The SMILES string of the molecule is CCOC(=O)c1c(C)nc2cc(C)c(Br)cn12. The Morgan fingerprint density at radius 1 is 1.53 bits per heavy atom. The Morgan fingerprint density at radius 2 is 2.24 bits per heavy atom. The molecule has 0 unspecified atom stereocenters. The van der Waals surface area contributed by atoms with Crippen molar-refractivity contribution in [3.05, 3.63) is 33.7 Å². The molecule has 2 heterocycles. The van der Waals surface area contributed by atoms with Crippen LogP contribution in [0.15, 0.2) is 16.7 Å². The van der Waals surface area contributed by atoms with E-state index in [1.54, 1.807) is 11.3 Å². The van der Waals surface area contributed by atoms with Gasteiger partial charge in [-0.2, -0.15) is 0 Å². The molecule has 0 saturated heterocycles. The maximum absolute atomic E-state index is 11.8. The van der Waals surface area contributed by atoms with Crippen LogP contribution in [0.1, 0.15) is 28.7 Å². The van der Waals surface area contributed by atoms with E-state index in [-0.39, 0.29) is 5.97 Å². The maximum atomic E-state index is 11.8. The lowest BCUT2D eigenvalue weighted by atomic mass is 10.3. The smallest absolute Gasteiger partial charge is 0.357 e. The van der Waals surface area contributed by atoms with Gasteiger partial charge in [0.25, 0.3) is 0 Å². The monoisotopic (exact) mass is 296 g/mol. The molecule has 0 amide bonds. The average molecular weight is 297 g/mol. The number of rotatable bonds is 2. The molecule has 0 aliphatic heterocycles. The van der Waals surface area contributed by atoms with Gasteiger partial charge < -0.3 is 4.74 Å². The van der Waals surface area contributed by atoms with Gasteiger partial charge in [-0.1, -0.05) is 0 Å². The van der Waals surface area contributed by atoms with Crippen molar-refractivity contribution in [2.45, 2.75) is 20.8 Å². The zero-order chi connectivity index (χ0) is 12.6. The molecule has 4 nitrogen and oxygen atoms in total. The van der Waals surface area contributed by atoms with Crippen molar-refractivity contribution in [3.8, 4) is 0 Å². The molecule has 0 N–H and O–H groups in total. The number of aryl methyl sites for hydroxylation is 2. The van der Waals surface area contributed by atoms with Crippen LogP contribution in [-0.2, 0) is 4.74 Å². The molecule has 0 radical (unpaired) electrons. The zero-order valence-electron chi connectivity index (χ0n) is 9.95. The van der Waals surface area contributed by atoms with Gasteiger partial charge in [0, 0.05) is 10.7 Å².